The van der Waals surface area contributed by atoms with E-state index in [0.717, 1.165) is 54.7 Å². The molecule has 1 aromatic heterocycles. The van der Waals surface area contributed by atoms with Crippen molar-refractivity contribution in [2.45, 2.75) is 19.9 Å². The van der Waals surface area contributed by atoms with Crippen LogP contribution < -0.4 is 4.74 Å². The second-order valence-corrected chi connectivity index (χ2v) is 8.28. The van der Waals surface area contributed by atoms with Gasteiger partial charge in [-0.3, -0.25) is 9.69 Å². The van der Waals surface area contributed by atoms with Crippen molar-refractivity contribution in [2.75, 3.05) is 32.8 Å². The molecule has 0 radical (unpaired) electrons. The van der Waals surface area contributed by atoms with Crippen molar-refractivity contribution in [3.05, 3.63) is 71.2 Å². The van der Waals surface area contributed by atoms with Gasteiger partial charge < -0.3 is 9.64 Å². The maximum atomic E-state index is 12.7. The SMILES string of the molecule is CCOc1ccc(CN2CCN(C(=O)Cc3csc(-c4ccccc4)n3)CC2)cc1. The molecular formula is C24H27N3O2S. The van der Waals surface area contributed by atoms with Gasteiger partial charge in [-0.25, -0.2) is 4.98 Å². The number of aromatic nitrogens is 1. The molecule has 156 valence electrons. The van der Waals surface area contributed by atoms with E-state index in [4.69, 9.17) is 4.74 Å². The Morgan fingerprint density at radius 1 is 1.03 bits per heavy atom. The summed E-state index contributed by atoms with van der Waals surface area (Å²) in [6.45, 7) is 6.91. The maximum absolute atomic E-state index is 12.7. The number of nitrogens with zero attached hydrogens (tertiary/aromatic N) is 3. The van der Waals surface area contributed by atoms with E-state index in [1.807, 2.05) is 59.7 Å². The highest BCUT2D eigenvalue weighted by molar-refractivity contribution is 7.13. The summed E-state index contributed by atoms with van der Waals surface area (Å²) in [7, 11) is 0. The van der Waals surface area contributed by atoms with E-state index in [2.05, 4.69) is 22.0 Å². The monoisotopic (exact) mass is 421 g/mol. The average molecular weight is 422 g/mol. The van der Waals surface area contributed by atoms with Crippen molar-refractivity contribution in [3.8, 4) is 16.3 Å². The number of ether oxygens (including phenoxy) is 1. The second kappa shape index (κ2) is 9.87. The van der Waals surface area contributed by atoms with Gasteiger partial charge in [0.25, 0.3) is 0 Å². The number of thiazole rings is 1. The topological polar surface area (TPSA) is 45.7 Å². The highest BCUT2D eigenvalue weighted by atomic mass is 32.1. The first-order valence-electron chi connectivity index (χ1n) is 10.4. The van der Waals surface area contributed by atoms with E-state index < -0.39 is 0 Å². The van der Waals surface area contributed by atoms with Crippen LogP contribution in [0, 0.1) is 0 Å². The summed E-state index contributed by atoms with van der Waals surface area (Å²) in [4.78, 5) is 21.8. The van der Waals surface area contributed by atoms with Gasteiger partial charge in [-0.15, -0.1) is 11.3 Å². The van der Waals surface area contributed by atoms with Crippen LogP contribution >= 0.6 is 11.3 Å². The lowest BCUT2D eigenvalue weighted by atomic mass is 10.2. The van der Waals surface area contributed by atoms with Crippen LogP contribution in [0.5, 0.6) is 5.75 Å². The normalized spacial score (nSPS) is 14.6. The summed E-state index contributed by atoms with van der Waals surface area (Å²) in [6, 6.07) is 18.4. The number of amides is 1. The summed E-state index contributed by atoms with van der Waals surface area (Å²) in [5.41, 5.74) is 3.24. The van der Waals surface area contributed by atoms with E-state index in [9.17, 15) is 4.79 Å². The second-order valence-electron chi connectivity index (χ2n) is 7.42. The standard InChI is InChI=1S/C24H27N3O2S/c1-2-29-22-10-8-19(9-11-22)17-26-12-14-27(15-13-26)23(28)16-21-18-30-24(25-21)20-6-4-3-5-7-20/h3-11,18H,2,12-17H2,1H3. The first kappa shape index (κ1) is 20.6. The number of benzene rings is 2. The Balaban J connectivity index is 1.26. The Bertz CT molecular complexity index is 948. The Kier molecular flexibility index (Phi) is 6.77. The van der Waals surface area contributed by atoms with E-state index >= 15 is 0 Å². The lowest BCUT2D eigenvalue weighted by Crippen LogP contribution is -2.48. The molecule has 3 aromatic rings. The first-order chi connectivity index (χ1) is 14.7. The van der Waals surface area contributed by atoms with Gasteiger partial charge in [0, 0.05) is 43.7 Å². The molecule has 1 aliphatic heterocycles. The van der Waals surface area contributed by atoms with Crippen LogP contribution in [-0.2, 0) is 17.8 Å². The molecule has 0 bridgehead atoms. The van der Waals surface area contributed by atoms with Crippen LogP contribution in [0.2, 0.25) is 0 Å². The highest BCUT2D eigenvalue weighted by Crippen LogP contribution is 2.24. The zero-order valence-corrected chi connectivity index (χ0v) is 18.1. The number of hydrogen-bond donors (Lipinski definition) is 0. The smallest absolute Gasteiger partial charge is 0.228 e. The van der Waals surface area contributed by atoms with Crippen molar-refractivity contribution < 1.29 is 9.53 Å². The molecule has 1 amide bonds. The predicted molar refractivity (Wildman–Crippen MR) is 121 cm³/mol. The molecule has 4 rings (SSSR count). The first-order valence-corrected chi connectivity index (χ1v) is 11.3. The lowest BCUT2D eigenvalue weighted by molar-refractivity contribution is -0.132. The molecule has 0 atom stereocenters. The van der Waals surface area contributed by atoms with Crippen LogP contribution in [0.25, 0.3) is 10.6 Å². The van der Waals surface area contributed by atoms with Crippen LogP contribution in [0.1, 0.15) is 18.2 Å². The Morgan fingerprint density at radius 2 is 1.77 bits per heavy atom. The van der Waals surface area contributed by atoms with Gasteiger partial charge in [0.2, 0.25) is 5.91 Å². The molecule has 2 aromatic carbocycles. The number of hydrogen-bond acceptors (Lipinski definition) is 5. The molecule has 0 spiro atoms. The summed E-state index contributed by atoms with van der Waals surface area (Å²) < 4.78 is 5.50. The van der Waals surface area contributed by atoms with E-state index in [1.54, 1.807) is 11.3 Å². The van der Waals surface area contributed by atoms with Crippen LogP contribution in [0.3, 0.4) is 0 Å². The van der Waals surface area contributed by atoms with E-state index in [-0.39, 0.29) is 5.91 Å². The van der Waals surface area contributed by atoms with Gasteiger partial charge in [-0.2, -0.15) is 0 Å². The fraction of sp³-hybridized carbons (Fsp3) is 0.333. The minimum atomic E-state index is 0.167. The number of carbonyl (C=O) groups is 1. The molecule has 0 N–H and O–H groups in total. The molecule has 0 saturated carbocycles. The molecule has 6 heteroatoms. The van der Waals surface area contributed by atoms with E-state index in [0.29, 0.717) is 13.0 Å². The maximum Gasteiger partial charge on any atom is 0.228 e. The fourth-order valence-corrected chi connectivity index (χ4v) is 4.47. The lowest BCUT2D eigenvalue weighted by Gasteiger charge is -2.34. The fourth-order valence-electron chi connectivity index (χ4n) is 3.64. The molecule has 0 aliphatic carbocycles. The molecule has 0 unspecified atom stereocenters. The predicted octanol–water partition coefficient (Wildman–Crippen LogP) is 4.10. The molecule has 5 nitrogen and oxygen atoms in total. The summed E-state index contributed by atoms with van der Waals surface area (Å²) in [5, 5.41) is 2.97. The Morgan fingerprint density at radius 3 is 2.47 bits per heavy atom. The van der Waals surface area contributed by atoms with Gasteiger partial charge in [0.05, 0.1) is 18.7 Å². The van der Waals surface area contributed by atoms with Gasteiger partial charge in [-0.1, -0.05) is 42.5 Å². The van der Waals surface area contributed by atoms with Gasteiger partial charge in [0.1, 0.15) is 10.8 Å². The quantitative estimate of drug-likeness (QED) is 0.576. The molecule has 1 fully saturated rings. The third kappa shape index (κ3) is 5.26. The summed E-state index contributed by atoms with van der Waals surface area (Å²) in [6.07, 6.45) is 0.377. The Labute approximate surface area is 181 Å². The zero-order valence-electron chi connectivity index (χ0n) is 17.3. The van der Waals surface area contributed by atoms with Crippen molar-refractivity contribution in [1.82, 2.24) is 14.8 Å². The van der Waals surface area contributed by atoms with Crippen LogP contribution in [-0.4, -0.2) is 53.5 Å². The number of piperazine rings is 1. The zero-order chi connectivity index (χ0) is 20.8. The minimum Gasteiger partial charge on any atom is -0.494 e. The third-order valence-electron chi connectivity index (χ3n) is 5.27. The van der Waals surface area contributed by atoms with Crippen molar-refractivity contribution in [2.24, 2.45) is 0 Å². The molecule has 1 saturated heterocycles. The Hall–Kier alpha value is -2.70. The largest absolute Gasteiger partial charge is 0.494 e. The summed E-state index contributed by atoms with van der Waals surface area (Å²) in [5.74, 6) is 1.08. The molecular weight excluding hydrogens is 394 g/mol. The highest BCUT2D eigenvalue weighted by Gasteiger charge is 2.22. The number of rotatable bonds is 7. The van der Waals surface area contributed by atoms with Crippen LogP contribution in [0.4, 0.5) is 0 Å². The van der Waals surface area contributed by atoms with Gasteiger partial charge >= 0.3 is 0 Å². The van der Waals surface area contributed by atoms with Gasteiger partial charge in [-0.05, 0) is 24.6 Å². The third-order valence-corrected chi connectivity index (χ3v) is 6.21. The van der Waals surface area contributed by atoms with E-state index in [1.165, 1.54) is 5.56 Å². The molecule has 30 heavy (non-hydrogen) atoms. The summed E-state index contributed by atoms with van der Waals surface area (Å²) >= 11 is 1.60. The van der Waals surface area contributed by atoms with Crippen molar-refractivity contribution >= 4 is 17.2 Å². The molecule has 2 heterocycles. The van der Waals surface area contributed by atoms with Crippen LogP contribution in [0.15, 0.2) is 60.0 Å². The van der Waals surface area contributed by atoms with Gasteiger partial charge in [0.15, 0.2) is 0 Å². The minimum absolute atomic E-state index is 0.167. The molecule has 1 aliphatic rings. The van der Waals surface area contributed by atoms with Crippen molar-refractivity contribution in [3.63, 3.8) is 0 Å². The number of carbonyl (C=O) groups excluding carboxylic acids is 1. The average Bonchev–Trinajstić information content (AvgIpc) is 3.25. The van der Waals surface area contributed by atoms with Crippen molar-refractivity contribution in [1.29, 1.82) is 0 Å².